The van der Waals surface area contributed by atoms with E-state index in [4.69, 9.17) is 9.84 Å². The molecule has 2 amide bonds. The number of morpholine rings is 1. The zero-order chi connectivity index (χ0) is 14.7. The first-order valence-electron chi connectivity index (χ1n) is 6.45. The minimum Gasteiger partial charge on any atom is -0.479 e. The molecule has 2 N–H and O–H groups in total. The zero-order valence-electron chi connectivity index (χ0n) is 11.5. The van der Waals surface area contributed by atoms with Crippen molar-refractivity contribution in [3.8, 4) is 0 Å². The van der Waals surface area contributed by atoms with Gasteiger partial charge in [-0.2, -0.15) is 0 Å². The number of hydrogen-bond donors (Lipinski definition) is 2. The molecule has 1 saturated heterocycles. The second kappa shape index (κ2) is 5.92. The summed E-state index contributed by atoms with van der Waals surface area (Å²) in [6, 6.07) is 5.35. The number of hydrogen-bond acceptors (Lipinski definition) is 3. The van der Waals surface area contributed by atoms with Gasteiger partial charge in [0, 0.05) is 12.2 Å². The number of carbonyl (C=O) groups excluding carboxylic acids is 1. The maximum absolute atomic E-state index is 12.1. The Morgan fingerprint density at radius 3 is 2.75 bits per heavy atom. The molecule has 0 bridgehead atoms. The van der Waals surface area contributed by atoms with Gasteiger partial charge in [-0.15, -0.1) is 0 Å². The van der Waals surface area contributed by atoms with Gasteiger partial charge in [-0.3, -0.25) is 0 Å². The zero-order valence-corrected chi connectivity index (χ0v) is 11.5. The molecule has 0 aliphatic carbocycles. The van der Waals surface area contributed by atoms with Crippen molar-refractivity contribution in [2.45, 2.75) is 20.0 Å². The van der Waals surface area contributed by atoms with Gasteiger partial charge in [-0.1, -0.05) is 6.07 Å². The molecule has 1 aromatic rings. The Kier molecular flexibility index (Phi) is 4.24. The SMILES string of the molecule is Cc1ccc(NC(=O)N2CCOC(C(=O)O)C2)cc1C. The number of nitrogens with one attached hydrogen (secondary N) is 1. The normalized spacial score (nSPS) is 18.7. The molecule has 0 spiro atoms. The van der Waals surface area contributed by atoms with Crippen LogP contribution in [0.1, 0.15) is 11.1 Å². The molecule has 6 heteroatoms. The number of carbonyl (C=O) groups is 2. The largest absolute Gasteiger partial charge is 0.479 e. The fourth-order valence-corrected chi connectivity index (χ4v) is 2.00. The number of aliphatic carboxylic acids is 1. The van der Waals surface area contributed by atoms with E-state index in [-0.39, 0.29) is 19.2 Å². The smallest absolute Gasteiger partial charge is 0.334 e. The van der Waals surface area contributed by atoms with Crippen LogP contribution in [-0.4, -0.2) is 47.8 Å². The third-order valence-corrected chi connectivity index (χ3v) is 3.39. The van der Waals surface area contributed by atoms with E-state index in [9.17, 15) is 9.59 Å². The highest BCUT2D eigenvalue weighted by molar-refractivity contribution is 5.90. The summed E-state index contributed by atoms with van der Waals surface area (Å²) in [6.45, 7) is 4.66. The fraction of sp³-hybridized carbons (Fsp3) is 0.429. The number of anilines is 1. The van der Waals surface area contributed by atoms with Crippen molar-refractivity contribution in [3.63, 3.8) is 0 Å². The molecule has 1 unspecified atom stereocenters. The maximum atomic E-state index is 12.1. The number of ether oxygens (including phenoxy) is 1. The van der Waals surface area contributed by atoms with Crippen LogP contribution in [0.15, 0.2) is 18.2 Å². The van der Waals surface area contributed by atoms with Crippen LogP contribution in [0.2, 0.25) is 0 Å². The molecule has 0 saturated carbocycles. The van der Waals surface area contributed by atoms with E-state index in [0.717, 1.165) is 11.1 Å². The molecular weight excluding hydrogens is 260 g/mol. The highest BCUT2D eigenvalue weighted by atomic mass is 16.5. The lowest BCUT2D eigenvalue weighted by atomic mass is 10.1. The molecule has 1 aliphatic rings. The lowest BCUT2D eigenvalue weighted by Gasteiger charge is -2.30. The van der Waals surface area contributed by atoms with Crippen LogP contribution in [0.5, 0.6) is 0 Å². The number of nitrogens with zero attached hydrogens (tertiary/aromatic N) is 1. The molecule has 1 heterocycles. The highest BCUT2D eigenvalue weighted by Gasteiger charge is 2.28. The average Bonchev–Trinajstić information content (AvgIpc) is 2.43. The van der Waals surface area contributed by atoms with Crippen LogP contribution in [0, 0.1) is 13.8 Å². The quantitative estimate of drug-likeness (QED) is 0.861. The van der Waals surface area contributed by atoms with Crippen molar-refractivity contribution in [3.05, 3.63) is 29.3 Å². The van der Waals surface area contributed by atoms with Gasteiger partial charge in [-0.25, -0.2) is 9.59 Å². The Balaban J connectivity index is 2.00. The average molecular weight is 278 g/mol. The summed E-state index contributed by atoms with van der Waals surface area (Å²) >= 11 is 0. The van der Waals surface area contributed by atoms with Crippen LogP contribution >= 0.6 is 0 Å². The van der Waals surface area contributed by atoms with Crippen molar-refractivity contribution >= 4 is 17.7 Å². The summed E-state index contributed by atoms with van der Waals surface area (Å²) in [7, 11) is 0. The number of rotatable bonds is 2. The van der Waals surface area contributed by atoms with Gasteiger partial charge in [-0.05, 0) is 37.1 Å². The number of carboxylic acid groups (broad SMARTS) is 1. The Hall–Kier alpha value is -2.08. The predicted molar refractivity (Wildman–Crippen MR) is 73.9 cm³/mol. The van der Waals surface area contributed by atoms with Gasteiger partial charge in [0.05, 0.1) is 13.2 Å². The van der Waals surface area contributed by atoms with Crippen LogP contribution < -0.4 is 5.32 Å². The molecule has 20 heavy (non-hydrogen) atoms. The van der Waals surface area contributed by atoms with Crippen molar-refractivity contribution in [1.29, 1.82) is 0 Å². The Labute approximate surface area is 117 Å². The first kappa shape index (κ1) is 14.3. The first-order chi connectivity index (χ1) is 9.47. The summed E-state index contributed by atoms with van der Waals surface area (Å²) in [6.07, 6.45) is -0.950. The van der Waals surface area contributed by atoms with Gasteiger partial charge in [0.2, 0.25) is 0 Å². The third-order valence-electron chi connectivity index (χ3n) is 3.39. The van der Waals surface area contributed by atoms with E-state index < -0.39 is 12.1 Å². The maximum Gasteiger partial charge on any atom is 0.334 e. The minimum atomic E-state index is -1.05. The monoisotopic (exact) mass is 278 g/mol. The summed E-state index contributed by atoms with van der Waals surface area (Å²) in [4.78, 5) is 24.4. The minimum absolute atomic E-state index is 0.0615. The number of aryl methyl sites for hydroxylation is 2. The molecule has 0 radical (unpaired) electrons. The van der Waals surface area contributed by atoms with Crippen LogP contribution in [0.3, 0.4) is 0 Å². The molecule has 1 atom stereocenters. The molecular formula is C14H18N2O4. The number of benzene rings is 1. The van der Waals surface area contributed by atoms with E-state index >= 15 is 0 Å². The summed E-state index contributed by atoms with van der Waals surface area (Å²) < 4.78 is 5.08. The number of amides is 2. The number of urea groups is 1. The Bertz CT molecular complexity index is 530. The van der Waals surface area contributed by atoms with Gasteiger partial charge in [0.25, 0.3) is 0 Å². The fourth-order valence-electron chi connectivity index (χ4n) is 2.00. The molecule has 0 aromatic heterocycles. The highest BCUT2D eigenvalue weighted by Crippen LogP contribution is 2.15. The van der Waals surface area contributed by atoms with Crippen molar-refractivity contribution < 1.29 is 19.4 Å². The molecule has 6 nitrogen and oxygen atoms in total. The molecule has 2 rings (SSSR count). The Morgan fingerprint density at radius 1 is 1.35 bits per heavy atom. The molecule has 1 aromatic carbocycles. The van der Waals surface area contributed by atoms with Gasteiger partial charge in [0.1, 0.15) is 0 Å². The molecule has 108 valence electrons. The second-order valence-corrected chi connectivity index (χ2v) is 4.87. The van der Waals surface area contributed by atoms with Crippen LogP contribution in [0.25, 0.3) is 0 Å². The standard InChI is InChI=1S/C14H18N2O4/c1-9-3-4-11(7-10(9)2)15-14(19)16-5-6-20-12(8-16)13(17)18/h3-4,7,12H,5-6,8H2,1-2H3,(H,15,19)(H,17,18). The lowest BCUT2D eigenvalue weighted by molar-refractivity contribution is -0.154. The van der Waals surface area contributed by atoms with E-state index in [0.29, 0.717) is 12.2 Å². The van der Waals surface area contributed by atoms with Crippen LogP contribution in [0.4, 0.5) is 10.5 Å². The van der Waals surface area contributed by atoms with Gasteiger partial charge < -0.3 is 20.1 Å². The first-order valence-corrected chi connectivity index (χ1v) is 6.45. The summed E-state index contributed by atoms with van der Waals surface area (Å²) in [5.41, 5.74) is 2.95. The van der Waals surface area contributed by atoms with Crippen molar-refractivity contribution in [2.24, 2.45) is 0 Å². The second-order valence-electron chi connectivity index (χ2n) is 4.87. The van der Waals surface area contributed by atoms with E-state index in [2.05, 4.69) is 5.32 Å². The number of carboxylic acids is 1. The van der Waals surface area contributed by atoms with E-state index in [1.165, 1.54) is 4.90 Å². The van der Waals surface area contributed by atoms with Crippen molar-refractivity contribution in [1.82, 2.24) is 4.90 Å². The van der Waals surface area contributed by atoms with E-state index in [1.54, 1.807) is 0 Å². The topological polar surface area (TPSA) is 78.9 Å². The van der Waals surface area contributed by atoms with Crippen LogP contribution in [-0.2, 0) is 9.53 Å². The summed E-state index contributed by atoms with van der Waals surface area (Å²) in [5.74, 6) is -1.05. The van der Waals surface area contributed by atoms with Crippen molar-refractivity contribution in [2.75, 3.05) is 25.0 Å². The molecule has 1 fully saturated rings. The lowest BCUT2D eigenvalue weighted by Crippen LogP contribution is -2.49. The molecule has 1 aliphatic heterocycles. The predicted octanol–water partition coefficient (Wildman–Crippen LogP) is 1.62. The summed E-state index contributed by atoms with van der Waals surface area (Å²) in [5, 5.41) is 11.7. The van der Waals surface area contributed by atoms with Gasteiger partial charge >= 0.3 is 12.0 Å². The third kappa shape index (κ3) is 3.27. The Morgan fingerprint density at radius 2 is 2.10 bits per heavy atom. The van der Waals surface area contributed by atoms with Gasteiger partial charge in [0.15, 0.2) is 6.10 Å². The van der Waals surface area contributed by atoms with E-state index in [1.807, 2.05) is 32.0 Å².